The molecule has 2 bridgehead atoms. The van der Waals surface area contributed by atoms with Gasteiger partial charge in [-0.2, -0.15) is 0 Å². The maximum Gasteiger partial charge on any atom is 0.0159 e. The van der Waals surface area contributed by atoms with Crippen LogP contribution in [0.5, 0.6) is 0 Å². The molecule has 0 heterocycles. The van der Waals surface area contributed by atoms with E-state index in [-0.39, 0.29) is 0 Å². The van der Waals surface area contributed by atoms with Crippen molar-refractivity contribution < 1.29 is 0 Å². The lowest BCUT2D eigenvalue weighted by atomic mass is 9.88. The van der Waals surface area contributed by atoms with Crippen LogP contribution < -0.4 is 0 Å². The molecule has 76 valence electrons. The van der Waals surface area contributed by atoms with Crippen molar-refractivity contribution in [1.29, 1.82) is 0 Å². The highest BCUT2D eigenvalue weighted by molar-refractivity contribution is 9.09. The lowest BCUT2D eigenvalue weighted by molar-refractivity contribution is 0.228. The van der Waals surface area contributed by atoms with Gasteiger partial charge in [-0.15, -0.1) is 0 Å². The molecule has 2 saturated carbocycles. The van der Waals surface area contributed by atoms with E-state index in [1.807, 2.05) is 0 Å². The van der Waals surface area contributed by atoms with E-state index in [0.29, 0.717) is 0 Å². The van der Waals surface area contributed by atoms with Gasteiger partial charge in [0.1, 0.15) is 0 Å². The third-order valence-corrected chi connectivity index (χ3v) is 4.25. The van der Waals surface area contributed by atoms with Crippen molar-refractivity contribution in [3.05, 3.63) is 0 Å². The fourth-order valence-corrected chi connectivity index (χ4v) is 3.84. The molecule has 2 aliphatic rings. The summed E-state index contributed by atoms with van der Waals surface area (Å²) in [6.07, 6.45) is 6.13. The normalized spacial score (nSPS) is 37.6. The smallest absolute Gasteiger partial charge is 0.0159 e. The van der Waals surface area contributed by atoms with Crippen LogP contribution in [0.15, 0.2) is 0 Å². The fourth-order valence-electron chi connectivity index (χ4n) is 3.24. The third-order valence-electron chi connectivity index (χ3n) is 3.90. The summed E-state index contributed by atoms with van der Waals surface area (Å²) in [5.41, 5.74) is 0. The molecule has 2 heteroatoms. The van der Waals surface area contributed by atoms with Crippen molar-refractivity contribution in [3.63, 3.8) is 0 Å². The minimum Gasteiger partial charge on any atom is -0.305 e. The van der Waals surface area contributed by atoms with E-state index < -0.39 is 0 Å². The second kappa shape index (κ2) is 4.31. The monoisotopic (exact) mass is 245 g/mol. The summed E-state index contributed by atoms with van der Waals surface area (Å²) >= 11 is 3.50. The van der Waals surface area contributed by atoms with Crippen LogP contribution >= 0.6 is 15.9 Å². The van der Waals surface area contributed by atoms with Gasteiger partial charge in [0.2, 0.25) is 0 Å². The molecule has 0 aromatic carbocycles. The van der Waals surface area contributed by atoms with Crippen LogP contribution in [0.3, 0.4) is 0 Å². The summed E-state index contributed by atoms with van der Waals surface area (Å²) in [6.45, 7) is 2.54. The number of nitrogens with zero attached hydrogens (tertiary/aromatic N) is 1. The topological polar surface area (TPSA) is 3.24 Å². The summed E-state index contributed by atoms with van der Waals surface area (Å²) in [6, 6.07) is 0. The molecule has 2 rings (SSSR count). The predicted molar refractivity (Wildman–Crippen MR) is 60.2 cm³/mol. The first-order valence-electron chi connectivity index (χ1n) is 5.54. The highest BCUT2D eigenvalue weighted by Crippen LogP contribution is 2.48. The standard InChI is InChI=1S/C11H20BrN/c1-13(5-4-12)8-11-7-9-2-3-10(11)6-9/h9-11H,2-8H2,1H3. The van der Waals surface area contributed by atoms with Crippen molar-refractivity contribution in [2.45, 2.75) is 25.7 Å². The largest absolute Gasteiger partial charge is 0.305 e. The summed E-state index contributed by atoms with van der Waals surface area (Å²) in [4.78, 5) is 2.49. The molecular formula is C11H20BrN. The Hall–Kier alpha value is 0.440. The highest BCUT2D eigenvalue weighted by atomic mass is 79.9. The Labute approximate surface area is 90.0 Å². The Bertz CT molecular complexity index is 171. The Morgan fingerprint density at radius 3 is 2.69 bits per heavy atom. The molecule has 13 heavy (non-hydrogen) atoms. The number of hydrogen-bond donors (Lipinski definition) is 0. The predicted octanol–water partition coefficient (Wildman–Crippen LogP) is 2.75. The zero-order chi connectivity index (χ0) is 9.26. The Morgan fingerprint density at radius 1 is 1.31 bits per heavy atom. The molecular weight excluding hydrogens is 226 g/mol. The zero-order valence-electron chi connectivity index (χ0n) is 8.51. The number of hydrogen-bond acceptors (Lipinski definition) is 1. The molecule has 0 aromatic heterocycles. The van der Waals surface area contributed by atoms with E-state index in [1.165, 1.54) is 32.4 Å². The molecule has 1 nitrogen and oxygen atoms in total. The van der Waals surface area contributed by atoms with Crippen LogP contribution in [-0.2, 0) is 0 Å². The third kappa shape index (κ3) is 2.27. The molecule has 2 aliphatic carbocycles. The van der Waals surface area contributed by atoms with Gasteiger partial charge in [0.05, 0.1) is 0 Å². The minimum atomic E-state index is 1.03. The lowest BCUT2D eigenvalue weighted by Gasteiger charge is -2.26. The Morgan fingerprint density at radius 2 is 2.15 bits per heavy atom. The van der Waals surface area contributed by atoms with Gasteiger partial charge in [0, 0.05) is 18.4 Å². The second-order valence-electron chi connectivity index (χ2n) is 4.89. The number of alkyl halides is 1. The van der Waals surface area contributed by atoms with Crippen LogP contribution in [0.25, 0.3) is 0 Å². The van der Waals surface area contributed by atoms with Crippen LogP contribution in [0.1, 0.15) is 25.7 Å². The molecule has 0 aromatic rings. The van der Waals surface area contributed by atoms with Crippen molar-refractivity contribution >= 4 is 15.9 Å². The van der Waals surface area contributed by atoms with Gasteiger partial charge in [-0.1, -0.05) is 22.4 Å². The summed E-state index contributed by atoms with van der Waals surface area (Å²) in [7, 11) is 2.26. The van der Waals surface area contributed by atoms with Gasteiger partial charge < -0.3 is 4.90 Å². The van der Waals surface area contributed by atoms with Crippen LogP contribution in [0.2, 0.25) is 0 Å². The average Bonchev–Trinajstić information content (AvgIpc) is 2.65. The van der Waals surface area contributed by atoms with Crippen molar-refractivity contribution in [3.8, 4) is 0 Å². The van der Waals surface area contributed by atoms with Gasteiger partial charge in [-0.05, 0) is 44.1 Å². The molecule has 0 aliphatic heterocycles. The first-order chi connectivity index (χ1) is 6.29. The number of fused-ring (bicyclic) bond motifs is 2. The molecule has 0 saturated heterocycles. The quantitative estimate of drug-likeness (QED) is 0.689. The molecule has 0 spiro atoms. The molecule has 3 atom stereocenters. The van der Waals surface area contributed by atoms with Gasteiger partial charge >= 0.3 is 0 Å². The van der Waals surface area contributed by atoms with Gasteiger partial charge in [0.15, 0.2) is 0 Å². The van der Waals surface area contributed by atoms with Gasteiger partial charge in [-0.25, -0.2) is 0 Å². The maximum absolute atomic E-state index is 3.50. The zero-order valence-corrected chi connectivity index (χ0v) is 10.1. The number of halogens is 1. The average molecular weight is 246 g/mol. The first-order valence-corrected chi connectivity index (χ1v) is 6.66. The second-order valence-corrected chi connectivity index (χ2v) is 5.68. The SMILES string of the molecule is CN(CCBr)CC1CC2CCC1C2. The molecule has 0 N–H and O–H groups in total. The van der Waals surface area contributed by atoms with E-state index in [0.717, 1.165) is 23.1 Å². The summed E-state index contributed by atoms with van der Waals surface area (Å²) in [5, 5.41) is 1.12. The van der Waals surface area contributed by atoms with Crippen LogP contribution in [0, 0.1) is 17.8 Å². The molecule has 0 amide bonds. The highest BCUT2D eigenvalue weighted by Gasteiger charge is 2.39. The van der Waals surface area contributed by atoms with E-state index in [9.17, 15) is 0 Å². The molecule has 2 fully saturated rings. The molecule has 0 radical (unpaired) electrons. The minimum absolute atomic E-state index is 1.03. The van der Waals surface area contributed by atoms with Crippen molar-refractivity contribution in [1.82, 2.24) is 4.90 Å². The van der Waals surface area contributed by atoms with Gasteiger partial charge in [0.25, 0.3) is 0 Å². The van der Waals surface area contributed by atoms with E-state index in [1.54, 1.807) is 6.42 Å². The van der Waals surface area contributed by atoms with Gasteiger partial charge in [-0.3, -0.25) is 0 Å². The molecule has 3 unspecified atom stereocenters. The van der Waals surface area contributed by atoms with Crippen LogP contribution in [0.4, 0.5) is 0 Å². The first kappa shape index (κ1) is 9.97. The van der Waals surface area contributed by atoms with Crippen molar-refractivity contribution in [2.75, 3.05) is 25.5 Å². The van der Waals surface area contributed by atoms with Crippen molar-refractivity contribution in [2.24, 2.45) is 17.8 Å². The van der Waals surface area contributed by atoms with E-state index in [2.05, 4.69) is 27.9 Å². The lowest BCUT2D eigenvalue weighted by Crippen LogP contribution is -2.30. The maximum atomic E-state index is 3.50. The summed E-state index contributed by atoms with van der Waals surface area (Å²) in [5.74, 6) is 3.22. The van der Waals surface area contributed by atoms with Crippen LogP contribution in [-0.4, -0.2) is 30.4 Å². The Balaban J connectivity index is 1.76. The van der Waals surface area contributed by atoms with E-state index >= 15 is 0 Å². The Kier molecular flexibility index (Phi) is 3.31. The fraction of sp³-hybridized carbons (Fsp3) is 1.00. The summed E-state index contributed by atoms with van der Waals surface area (Å²) < 4.78 is 0. The van der Waals surface area contributed by atoms with E-state index in [4.69, 9.17) is 0 Å². The number of rotatable bonds is 4.